The maximum Gasteiger partial charge on any atom is 0.412 e. The van der Waals surface area contributed by atoms with Gasteiger partial charge in [-0.15, -0.1) is 5.10 Å². The number of benzene rings is 1. The van der Waals surface area contributed by atoms with Gasteiger partial charge in [-0.1, -0.05) is 17.0 Å². The number of fused-ring (bicyclic) bond motifs is 1. The van der Waals surface area contributed by atoms with Gasteiger partial charge in [0.15, 0.2) is 0 Å². The van der Waals surface area contributed by atoms with E-state index < -0.39 is 17.7 Å². The number of hydrogen-bond donors (Lipinski definition) is 2. The van der Waals surface area contributed by atoms with E-state index in [1.807, 2.05) is 6.07 Å². The molecular weight excluding hydrogens is 338 g/mol. The van der Waals surface area contributed by atoms with Gasteiger partial charge in [0.1, 0.15) is 22.3 Å². The molecule has 1 aromatic carbocycles. The molecule has 9 heteroatoms. The van der Waals surface area contributed by atoms with Crippen LogP contribution in [-0.2, 0) is 4.74 Å². The molecule has 3 aromatic rings. The molecule has 0 aliphatic rings. The zero-order chi connectivity index (χ0) is 18.9. The highest BCUT2D eigenvalue weighted by atomic mass is 16.7. The van der Waals surface area contributed by atoms with Crippen molar-refractivity contribution in [2.24, 2.45) is 0 Å². The Morgan fingerprint density at radius 2 is 1.96 bits per heavy atom. The van der Waals surface area contributed by atoms with Gasteiger partial charge in [-0.2, -0.15) is 0 Å². The number of ether oxygens (including phenoxy) is 1. The number of aromatic nitrogens is 4. The molecule has 0 aliphatic heterocycles. The smallest absolute Gasteiger partial charge is 0.412 e. The zero-order valence-corrected chi connectivity index (χ0v) is 14.9. The quantitative estimate of drug-likeness (QED) is 0.697. The van der Waals surface area contributed by atoms with E-state index in [0.29, 0.717) is 22.3 Å². The summed E-state index contributed by atoms with van der Waals surface area (Å²) in [7, 11) is 0. The van der Waals surface area contributed by atoms with Crippen LogP contribution in [-0.4, -0.2) is 37.8 Å². The van der Waals surface area contributed by atoms with Gasteiger partial charge >= 0.3 is 12.1 Å². The zero-order valence-electron chi connectivity index (χ0n) is 14.9. The lowest BCUT2D eigenvalue weighted by atomic mass is 10.2. The van der Waals surface area contributed by atoms with Crippen LogP contribution in [0.4, 0.5) is 10.5 Å². The minimum atomic E-state index is -0.657. The van der Waals surface area contributed by atoms with Crippen LogP contribution in [0.15, 0.2) is 30.5 Å². The molecule has 0 spiro atoms. The number of nitrogens with zero attached hydrogens (tertiary/aromatic N) is 3. The first-order chi connectivity index (χ1) is 12.2. The average molecular weight is 357 g/mol. The first kappa shape index (κ1) is 17.5. The molecule has 0 bridgehead atoms. The first-order valence-corrected chi connectivity index (χ1v) is 7.96. The molecule has 2 heterocycles. The van der Waals surface area contributed by atoms with Crippen molar-refractivity contribution in [2.75, 3.05) is 5.32 Å². The lowest BCUT2D eigenvalue weighted by Gasteiger charge is -2.19. The van der Waals surface area contributed by atoms with E-state index in [1.54, 1.807) is 45.9 Å². The summed E-state index contributed by atoms with van der Waals surface area (Å²) in [6.45, 7) is 6.98. The van der Waals surface area contributed by atoms with Crippen molar-refractivity contribution in [3.63, 3.8) is 0 Å². The van der Waals surface area contributed by atoms with E-state index in [9.17, 15) is 9.59 Å². The number of H-pyrrole nitrogens is 1. The van der Waals surface area contributed by atoms with Gasteiger partial charge in [0.2, 0.25) is 0 Å². The van der Waals surface area contributed by atoms with Gasteiger partial charge in [-0.25, -0.2) is 9.59 Å². The molecular formula is C17H19N5O4. The molecule has 0 unspecified atom stereocenters. The number of amides is 1. The normalized spacial score (nSPS) is 11.4. The Labute approximate surface area is 149 Å². The molecule has 26 heavy (non-hydrogen) atoms. The number of carbonyl (C=O) groups is 2. The number of nitrogens with one attached hydrogen (secondary N) is 2. The minimum absolute atomic E-state index is 0.190. The SMILES string of the molecule is Cc1c(NC(=O)OC(C)(C)C)c[nH]c1C(=O)On1nnc2ccccc21. The van der Waals surface area contributed by atoms with Crippen LogP contribution in [0.2, 0.25) is 0 Å². The van der Waals surface area contributed by atoms with Crippen LogP contribution in [0, 0.1) is 6.92 Å². The van der Waals surface area contributed by atoms with Crippen LogP contribution in [0.1, 0.15) is 36.8 Å². The number of para-hydroxylation sites is 1. The summed E-state index contributed by atoms with van der Waals surface area (Å²) in [5.74, 6) is -0.657. The number of aromatic amines is 1. The predicted octanol–water partition coefficient (Wildman–Crippen LogP) is 2.68. The molecule has 0 saturated carbocycles. The van der Waals surface area contributed by atoms with E-state index in [4.69, 9.17) is 9.57 Å². The minimum Gasteiger partial charge on any atom is -0.444 e. The number of anilines is 1. The summed E-state index contributed by atoms with van der Waals surface area (Å²) in [5, 5.41) is 10.3. The van der Waals surface area contributed by atoms with E-state index in [1.165, 1.54) is 6.20 Å². The lowest BCUT2D eigenvalue weighted by Crippen LogP contribution is -2.27. The van der Waals surface area contributed by atoms with Gasteiger partial charge in [0.25, 0.3) is 0 Å². The first-order valence-electron chi connectivity index (χ1n) is 7.96. The highest BCUT2D eigenvalue weighted by Crippen LogP contribution is 2.20. The predicted molar refractivity (Wildman–Crippen MR) is 93.8 cm³/mol. The Balaban J connectivity index is 1.75. The van der Waals surface area contributed by atoms with Gasteiger partial charge in [0.05, 0.1) is 5.69 Å². The third-order valence-electron chi connectivity index (χ3n) is 3.47. The van der Waals surface area contributed by atoms with Crippen LogP contribution in [0.5, 0.6) is 0 Å². The molecule has 136 valence electrons. The number of rotatable bonds is 3. The molecule has 2 aromatic heterocycles. The van der Waals surface area contributed by atoms with Crippen LogP contribution >= 0.6 is 0 Å². The number of carbonyl (C=O) groups excluding carboxylic acids is 2. The summed E-state index contributed by atoms with van der Waals surface area (Å²) in [5.41, 5.74) is 1.69. The van der Waals surface area contributed by atoms with Gasteiger partial charge in [-0.05, 0) is 45.0 Å². The largest absolute Gasteiger partial charge is 0.444 e. The van der Waals surface area contributed by atoms with E-state index >= 15 is 0 Å². The fraction of sp³-hybridized carbons (Fsp3) is 0.294. The van der Waals surface area contributed by atoms with E-state index in [0.717, 1.165) is 4.85 Å². The third-order valence-corrected chi connectivity index (χ3v) is 3.47. The summed E-state index contributed by atoms with van der Waals surface area (Å²) in [6, 6.07) is 7.10. The van der Waals surface area contributed by atoms with Gasteiger partial charge in [0, 0.05) is 11.8 Å². The molecule has 9 nitrogen and oxygen atoms in total. The van der Waals surface area contributed by atoms with Gasteiger partial charge in [-0.3, -0.25) is 5.32 Å². The number of hydrogen-bond acceptors (Lipinski definition) is 6. The van der Waals surface area contributed by atoms with Crippen LogP contribution in [0.25, 0.3) is 11.0 Å². The van der Waals surface area contributed by atoms with Crippen molar-refractivity contribution in [3.05, 3.63) is 41.7 Å². The maximum absolute atomic E-state index is 12.4. The van der Waals surface area contributed by atoms with Crippen molar-refractivity contribution in [3.8, 4) is 0 Å². The van der Waals surface area contributed by atoms with Crippen LogP contribution < -0.4 is 10.2 Å². The Hall–Kier alpha value is -3.36. The fourth-order valence-electron chi connectivity index (χ4n) is 2.29. The summed E-state index contributed by atoms with van der Waals surface area (Å²) in [4.78, 5) is 33.4. The molecule has 0 radical (unpaired) electrons. The van der Waals surface area contributed by atoms with E-state index in [2.05, 4.69) is 20.6 Å². The summed E-state index contributed by atoms with van der Waals surface area (Å²) < 4.78 is 5.20. The third kappa shape index (κ3) is 3.66. The van der Waals surface area contributed by atoms with Crippen LogP contribution in [0.3, 0.4) is 0 Å². The van der Waals surface area contributed by atoms with Crippen molar-refractivity contribution < 1.29 is 19.2 Å². The fourth-order valence-corrected chi connectivity index (χ4v) is 2.29. The monoisotopic (exact) mass is 357 g/mol. The molecule has 0 saturated heterocycles. The summed E-state index contributed by atoms with van der Waals surface area (Å²) in [6.07, 6.45) is 0.886. The van der Waals surface area contributed by atoms with Crippen molar-refractivity contribution >= 4 is 28.8 Å². The molecule has 0 fully saturated rings. The lowest BCUT2D eigenvalue weighted by molar-refractivity contribution is 0.0401. The maximum atomic E-state index is 12.4. The Bertz CT molecular complexity index is 967. The molecule has 3 rings (SSSR count). The highest BCUT2D eigenvalue weighted by molar-refractivity contribution is 5.94. The Kier molecular flexibility index (Phi) is 4.37. The average Bonchev–Trinajstić information content (AvgIpc) is 3.11. The Morgan fingerprint density at radius 1 is 1.23 bits per heavy atom. The van der Waals surface area contributed by atoms with Crippen molar-refractivity contribution in [1.29, 1.82) is 0 Å². The molecule has 0 atom stereocenters. The topological polar surface area (TPSA) is 111 Å². The second-order valence-corrected chi connectivity index (χ2v) is 6.66. The second kappa shape index (κ2) is 6.51. The Morgan fingerprint density at radius 3 is 2.69 bits per heavy atom. The molecule has 0 aliphatic carbocycles. The highest BCUT2D eigenvalue weighted by Gasteiger charge is 2.21. The van der Waals surface area contributed by atoms with Crippen molar-refractivity contribution in [1.82, 2.24) is 20.1 Å². The van der Waals surface area contributed by atoms with Gasteiger partial charge < -0.3 is 14.6 Å². The standard InChI is InChI=1S/C17H19N5O4/c1-10-12(19-16(24)25-17(2,3)4)9-18-14(10)15(23)26-22-13-8-6-5-7-11(13)20-21-22/h5-9,18H,1-4H3,(H,19,24). The van der Waals surface area contributed by atoms with E-state index in [-0.39, 0.29) is 5.69 Å². The molecule has 2 N–H and O–H groups in total. The van der Waals surface area contributed by atoms with Crippen molar-refractivity contribution in [2.45, 2.75) is 33.3 Å². The second-order valence-electron chi connectivity index (χ2n) is 6.66. The molecule has 1 amide bonds. The summed E-state index contributed by atoms with van der Waals surface area (Å²) >= 11 is 0.